The molecular weight excluding hydrogens is 264 g/mol. The molecule has 0 aliphatic heterocycles. The molecule has 3 heteroatoms. The number of fused-ring (bicyclic) bond motifs is 1. The van der Waals surface area contributed by atoms with Crippen LogP contribution in [-0.2, 0) is 6.42 Å². The van der Waals surface area contributed by atoms with E-state index in [0.717, 1.165) is 35.1 Å². The smallest absolute Gasteiger partial charge is 0.189 e. The lowest BCUT2D eigenvalue weighted by Gasteiger charge is -2.17. The maximum atomic E-state index is 12.5. The number of benzene rings is 2. The molecule has 0 heterocycles. The molecule has 2 aromatic rings. The van der Waals surface area contributed by atoms with Gasteiger partial charge in [0.1, 0.15) is 0 Å². The van der Waals surface area contributed by atoms with Crippen LogP contribution in [0.3, 0.4) is 0 Å². The number of carbonyl (C=O) groups is 1. The third kappa shape index (κ3) is 2.55. The van der Waals surface area contributed by atoms with E-state index in [-0.39, 0.29) is 11.5 Å². The second kappa shape index (κ2) is 5.44. The molecule has 0 saturated carbocycles. The number of phenolic OH excluding ortho intramolecular Hbond substituents is 1. The number of rotatable bonds is 2. The Morgan fingerprint density at radius 1 is 1.14 bits per heavy atom. The number of ether oxygens (including phenoxy) is 1. The minimum absolute atomic E-state index is 0.0761. The van der Waals surface area contributed by atoms with Crippen molar-refractivity contribution < 1.29 is 14.6 Å². The molecule has 2 aromatic carbocycles. The quantitative estimate of drug-likeness (QED) is 0.855. The molecule has 106 valence electrons. The number of Topliss-reactive ketones (excluding diaryl/α,β-unsaturated/α-hetero) is 1. The number of ketones is 1. The fraction of sp³-hybridized carbons (Fsp3) is 0.167. The van der Waals surface area contributed by atoms with Crippen LogP contribution >= 0.6 is 0 Å². The molecule has 1 aliphatic rings. The number of methoxy groups -OCH3 is 1. The largest absolute Gasteiger partial charge is 0.504 e. The summed E-state index contributed by atoms with van der Waals surface area (Å²) in [5, 5.41) is 9.81. The first-order valence-electron chi connectivity index (χ1n) is 6.89. The average Bonchev–Trinajstić information content (AvgIpc) is 2.51. The van der Waals surface area contributed by atoms with Gasteiger partial charge in [0.15, 0.2) is 17.3 Å². The number of hydrogen-bond acceptors (Lipinski definition) is 3. The van der Waals surface area contributed by atoms with Crippen LogP contribution in [0.2, 0.25) is 0 Å². The minimum Gasteiger partial charge on any atom is -0.504 e. The van der Waals surface area contributed by atoms with E-state index in [1.54, 1.807) is 12.1 Å². The summed E-state index contributed by atoms with van der Waals surface area (Å²) < 4.78 is 5.02. The normalized spacial score (nSPS) is 15.9. The maximum absolute atomic E-state index is 12.5. The number of aryl methyl sites for hydroxylation is 1. The Kier molecular flexibility index (Phi) is 3.48. The lowest BCUT2D eigenvalue weighted by Crippen LogP contribution is -2.13. The zero-order valence-corrected chi connectivity index (χ0v) is 11.8. The first kappa shape index (κ1) is 13.4. The molecule has 0 bridgehead atoms. The van der Waals surface area contributed by atoms with Gasteiger partial charge in [-0.15, -0.1) is 0 Å². The van der Waals surface area contributed by atoms with Crippen LogP contribution < -0.4 is 4.74 Å². The van der Waals surface area contributed by atoms with Gasteiger partial charge >= 0.3 is 0 Å². The molecule has 0 atom stereocenters. The van der Waals surface area contributed by atoms with E-state index in [9.17, 15) is 9.90 Å². The highest BCUT2D eigenvalue weighted by molar-refractivity contribution is 6.13. The maximum Gasteiger partial charge on any atom is 0.189 e. The van der Waals surface area contributed by atoms with Gasteiger partial charge in [-0.25, -0.2) is 0 Å². The summed E-state index contributed by atoms with van der Waals surface area (Å²) in [4.78, 5) is 12.5. The summed E-state index contributed by atoms with van der Waals surface area (Å²) in [6, 6.07) is 12.9. The van der Waals surface area contributed by atoms with Crippen molar-refractivity contribution in [3.05, 3.63) is 64.7 Å². The lowest BCUT2D eigenvalue weighted by atomic mass is 9.86. The van der Waals surface area contributed by atoms with E-state index >= 15 is 0 Å². The fourth-order valence-electron chi connectivity index (χ4n) is 2.65. The first-order valence-corrected chi connectivity index (χ1v) is 6.89. The van der Waals surface area contributed by atoms with Gasteiger partial charge in [-0.1, -0.05) is 30.3 Å². The molecule has 0 radical (unpaired) electrons. The average molecular weight is 280 g/mol. The van der Waals surface area contributed by atoms with Gasteiger partial charge in [-0.3, -0.25) is 4.79 Å². The van der Waals surface area contributed by atoms with Crippen molar-refractivity contribution in [3.8, 4) is 11.5 Å². The van der Waals surface area contributed by atoms with Crippen LogP contribution in [0.5, 0.6) is 11.5 Å². The summed E-state index contributed by atoms with van der Waals surface area (Å²) in [5.41, 5.74) is 3.47. The predicted molar refractivity (Wildman–Crippen MR) is 81.7 cm³/mol. The topological polar surface area (TPSA) is 46.5 Å². The van der Waals surface area contributed by atoms with Crippen LogP contribution in [0.25, 0.3) is 6.08 Å². The van der Waals surface area contributed by atoms with Gasteiger partial charge in [-0.2, -0.15) is 0 Å². The van der Waals surface area contributed by atoms with Gasteiger partial charge in [0.05, 0.1) is 7.11 Å². The van der Waals surface area contributed by atoms with Crippen molar-refractivity contribution in [1.82, 2.24) is 0 Å². The third-order valence-corrected chi connectivity index (χ3v) is 3.76. The van der Waals surface area contributed by atoms with Crippen molar-refractivity contribution in [1.29, 1.82) is 0 Å². The highest BCUT2D eigenvalue weighted by Crippen LogP contribution is 2.30. The predicted octanol–water partition coefficient (Wildman–Crippen LogP) is 3.61. The summed E-state index contributed by atoms with van der Waals surface area (Å²) in [6.45, 7) is 0. The van der Waals surface area contributed by atoms with Gasteiger partial charge in [0.25, 0.3) is 0 Å². The second-order valence-electron chi connectivity index (χ2n) is 5.09. The van der Waals surface area contributed by atoms with Gasteiger partial charge in [0, 0.05) is 11.1 Å². The number of hydrogen-bond donors (Lipinski definition) is 1. The molecule has 3 rings (SSSR count). The Bertz CT molecular complexity index is 729. The summed E-state index contributed by atoms with van der Waals surface area (Å²) >= 11 is 0. The standard InChI is InChI=1S/C18H16O3/c1-21-17-9-6-12(11-16(17)19)10-14-8-7-13-4-2-3-5-15(13)18(14)20/h2-6,9-11,19H,7-8H2,1H3/b14-10-. The zero-order chi connectivity index (χ0) is 14.8. The molecule has 0 amide bonds. The molecular formula is C18H16O3. The van der Waals surface area contributed by atoms with E-state index in [4.69, 9.17) is 4.74 Å². The van der Waals surface area contributed by atoms with Gasteiger partial charge < -0.3 is 9.84 Å². The second-order valence-corrected chi connectivity index (χ2v) is 5.09. The molecule has 21 heavy (non-hydrogen) atoms. The molecule has 0 saturated heterocycles. The van der Waals surface area contributed by atoms with Crippen molar-refractivity contribution in [2.75, 3.05) is 7.11 Å². The Morgan fingerprint density at radius 2 is 1.95 bits per heavy atom. The van der Waals surface area contributed by atoms with Crippen LogP contribution in [0.15, 0.2) is 48.0 Å². The van der Waals surface area contributed by atoms with Crippen LogP contribution in [0.4, 0.5) is 0 Å². The van der Waals surface area contributed by atoms with E-state index < -0.39 is 0 Å². The third-order valence-electron chi connectivity index (χ3n) is 3.76. The Labute approximate surface area is 123 Å². The highest BCUT2D eigenvalue weighted by atomic mass is 16.5. The summed E-state index contributed by atoms with van der Waals surface area (Å²) in [7, 11) is 1.51. The van der Waals surface area contributed by atoms with Crippen molar-refractivity contribution >= 4 is 11.9 Å². The van der Waals surface area contributed by atoms with Crippen LogP contribution in [-0.4, -0.2) is 18.0 Å². The fourth-order valence-corrected chi connectivity index (χ4v) is 2.65. The molecule has 0 aromatic heterocycles. The molecule has 1 N–H and O–H groups in total. The molecule has 0 unspecified atom stereocenters. The first-order chi connectivity index (χ1) is 10.2. The minimum atomic E-state index is 0.0761. The van der Waals surface area contributed by atoms with Crippen molar-refractivity contribution in [3.63, 3.8) is 0 Å². The van der Waals surface area contributed by atoms with E-state index in [2.05, 4.69) is 0 Å². The summed E-state index contributed by atoms with van der Waals surface area (Å²) in [5.74, 6) is 0.583. The molecule has 1 aliphatic carbocycles. The van der Waals surface area contributed by atoms with Crippen LogP contribution in [0, 0.1) is 0 Å². The number of phenols is 1. The van der Waals surface area contributed by atoms with Gasteiger partial charge in [-0.05, 0) is 42.2 Å². The Morgan fingerprint density at radius 3 is 2.71 bits per heavy atom. The van der Waals surface area contributed by atoms with Crippen molar-refractivity contribution in [2.24, 2.45) is 0 Å². The highest BCUT2D eigenvalue weighted by Gasteiger charge is 2.21. The number of carbonyl (C=O) groups excluding carboxylic acids is 1. The van der Waals surface area contributed by atoms with E-state index in [1.165, 1.54) is 7.11 Å². The number of aromatic hydroxyl groups is 1. The van der Waals surface area contributed by atoms with Crippen molar-refractivity contribution in [2.45, 2.75) is 12.8 Å². The number of allylic oxidation sites excluding steroid dienone is 1. The monoisotopic (exact) mass is 280 g/mol. The lowest BCUT2D eigenvalue weighted by molar-refractivity contribution is 0.102. The summed E-state index contributed by atoms with van der Waals surface area (Å²) in [6.07, 6.45) is 3.44. The molecule has 0 spiro atoms. The van der Waals surface area contributed by atoms with Crippen LogP contribution in [0.1, 0.15) is 27.9 Å². The molecule has 0 fully saturated rings. The molecule has 3 nitrogen and oxygen atoms in total. The Hall–Kier alpha value is -2.55. The van der Waals surface area contributed by atoms with Gasteiger partial charge in [0.2, 0.25) is 0 Å². The SMILES string of the molecule is COc1ccc(/C=C2/CCc3ccccc3C2=O)cc1O. The van der Waals surface area contributed by atoms with E-state index in [0.29, 0.717) is 5.75 Å². The zero-order valence-electron chi connectivity index (χ0n) is 11.8. The Balaban J connectivity index is 1.95. The van der Waals surface area contributed by atoms with E-state index in [1.807, 2.05) is 36.4 Å².